The number of nitrogens with two attached hydrogens (primary N) is 1. The summed E-state index contributed by atoms with van der Waals surface area (Å²) in [6, 6.07) is 1.92. The normalized spacial score (nSPS) is 14.6. The molecule has 1 heterocycles. The number of nitrogens with zero attached hydrogens (tertiary/aromatic N) is 2. The van der Waals surface area contributed by atoms with Crippen LogP contribution in [0.15, 0.2) is 11.2 Å². The fourth-order valence-electron chi connectivity index (χ4n) is 1.66. The molecular formula is C12H21N3OS. The Morgan fingerprint density at radius 2 is 1.94 bits per heavy atom. The maximum Gasteiger partial charge on any atom is 0.188 e. The van der Waals surface area contributed by atoms with E-state index in [0.29, 0.717) is 5.16 Å². The van der Waals surface area contributed by atoms with Gasteiger partial charge in [0.25, 0.3) is 0 Å². The number of aromatic nitrogens is 2. The molecule has 1 aromatic heterocycles. The predicted octanol–water partition coefficient (Wildman–Crippen LogP) is 1.67. The molecule has 3 N–H and O–H groups in total. The summed E-state index contributed by atoms with van der Waals surface area (Å²) in [7, 11) is 0. The Balaban J connectivity index is 2.73. The molecule has 0 saturated heterocycles. The van der Waals surface area contributed by atoms with Crippen molar-refractivity contribution in [2.24, 2.45) is 5.73 Å². The van der Waals surface area contributed by atoms with Crippen LogP contribution in [-0.2, 0) is 0 Å². The van der Waals surface area contributed by atoms with Gasteiger partial charge >= 0.3 is 0 Å². The van der Waals surface area contributed by atoms with Gasteiger partial charge in [-0.05, 0) is 26.3 Å². The highest BCUT2D eigenvalue weighted by Crippen LogP contribution is 2.23. The van der Waals surface area contributed by atoms with Crippen molar-refractivity contribution in [1.29, 1.82) is 0 Å². The fraction of sp³-hybridized carbons (Fsp3) is 0.667. The summed E-state index contributed by atoms with van der Waals surface area (Å²) in [5.41, 5.74) is 7.92. The van der Waals surface area contributed by atoms with Crippen molar-refractivity contribution in [3.63, 3.8) is 0 Å². The second-order valence-corrected chi connectivity index (χ2v) is 5.43. The lowest BCUT2D eigenvalue weighted by Crippen LogP contribution is -2.35. The van der Waals surface area contributed by atoms with Gasteiger partial charge in [-0.2, -0.15) is 0 Å². The van der Waals surface area contributed by atoms with Gasteiger partial charge in [0.1, 0.15) is 0 Å². The molecule has 1 rings (SSSR count). The van der Waals surface area contributed by atoms with E-state index >= 15 is 0 Å². The molecule has 0 fully saturated rings. The first-order valence-electron chi connectivity index (χ1n) is 5.92. The molecule has 4 nitrogen and oxygen atoms in total. The highest BCUT2D eigenvalue weighted by Gasteiger charge is 2.19. The number of aliphatic hydroxyl groups excluding tert-OH is 1. The SMILES string of the molecule is CCCC(N)C(CO)Sc1nc(C)cc(C)n1. The molecule has 0 amide bonds. The van der Waals surface area contributed by atoms with Gasteiger partial charge in [-0.25, -0.2) is 9.97 Å². The number of rotatable bonds is 6. The van der Waals surface area contributed by atoms with E-state index < -0.39 is 0 Å². The lowest BCUT2D eigenvalue weighted by molar-refractivity contribution is 0.279. The maximum absolute atomic E-state index is 9.37. The molecule has 0 aliphatic rings. The van der Waals surface area contributed by atoms with Crippen molar-refractivity contribution < 1.29 is 5.11 Å². The van der Waals surface area contributed by atoms with Gasteiger partial charge in [0.2, 0.25) is 0 Å². The molecule has 0 bridgehead atoms. The van der Waals surface area contributed by atoms with E-state index in [4.69, 9.17) is 5.73 Å². The van der Waals surface area contributed by atoms with E-state index in [0.717, 1.165) is 24.2 Å². The fourth-order valence-corrected chi connectivity index (χ4v) is 2.71. The molecule has 0 aliphatic heterocycles. The topological polar surface area (TPSA) is 72.0 Å². The lowest BCUT2D eigenvalue weighted by atomic mass is 10.1. The molecule has 0 spiro atoms. The number of aryl methyl sites for hydroxylation is 2. The standard InChI is InChI=1S/C12H21N3OS/c1-4-5-10(13)11(7-16)17-12-14-8(2)6-9(3)15-12/h6,10-11,16H,4-5,7,13H2,1-3H3. The van der Waals surface area contributed by atoms with Crippen LogP contribution in [0.5, 0.6) is 0 Å². The van der Waals surface area contributed by atoms with Crippen LogP contribution in [0.25, 0.3) is 0 Å². The lowest BCUT2D eigenvalue weighted by Gasteiger charge is -2.20. The van der Waals surface area contributed by atoms with Crippen molar-refractivity contribution in [1.82, 2.24) is 9.97 Å². The predicted molar refractivity (Wildman–Crippen MR) is 71.1 cm³/mol. The average molecular weight is 255 g/mol. The van der Waals surface area contributed by atoms with Gasteiger partial charge in [0.05, 0.1) is 11.9 Å². The highest BCUT2D eigenvalue weighted by molar-refractivity contribution is 7.99. The van der Waals surface area contributed by atoms with Crippen molar-refractivity contribution in [3.8, 4) is 0 Å². The van der Waals surface area contributed by atoms with Crippen LogP contribution >= 0.6 is 11.8 Å². The zero-order chi connectivity index (χ0) is 12.8. The van der Waals surface area contributed by atoms with Crippen LogP contribution in [0.3, 0.4) is 0 Å². The third-order valence-electron chi connectivity index (χ3n) is 2.50. The summed E-state index contributed by atoms with van der Waals surface area (Å²) >= 11 is 1.47. The van der Waals surface area contributed by atoms with Crippen molar-refractivity contribution in [3.05, 3.63) is 17.5 Å². The monoisotopic (exact) mass is 255 g/mol. The first kappa shape index (κ1) is 14.4. The van der Waals surface area contributed by atoms with Crippen LogP contribution in [0, 0.1) is 13.8 Å². The molecular weight excluding hydrogens is 234 g/mol. The van der Waals surface area contributed by atoms with E-state index in [1.54, 1.807) is 0 Å². The largest absolute Gasteiger partial charge is 0.395 e. The van der Waals surface area contributed by atoms with Crippen LogP contribution in [0.2, 0.25) is 0 Å². The van der Waals surface area contributed by atoms with Crippen LogP contribution in [0.4, 0.5) is 0 Å². The number of hydrogen-bond donors (Lipinski definition) is 2. The number of hydrogen-bond acceptors (Lipinski definition) is 5. The molecule has 0 aliphatic carbocycles. The average Bonchev–Trinajstić information content (AvgIpc) is 2.24. The molecule has 0 saturated carbocycles. The van der Waals surface area contributed by atoms with Crippen molar-refractivity contribution >= 4 is 11.8 Å². The molecule has 0 radical (unpaired) electrons. The Morgan fingerprint density at radius 3 is 2.41 bits per heavy atom. The summed E-state index contributed by atoms with van der Waals surface area (Å²) in [5.74, 6) is 0. The molecule has 2 atom stereocenters. The van der Waals surface area contributed by atoms with Gasteiger partial charge in [-0.15, -0.1) is 0 Å². The number of thioether (sulfide) groups is 1. The first-order chi connectivity index (χ1) is 8.06. The molecule has 0 aromatic carbocycles. The maximum atomic E-state index is 9.37. The van der Waals surface area contributed by atoms with E-state index in [9.17, 15) is 5.11 Å². The van der Waals surface area contributed by atoms with Crippen molar-refractivity contribution in [2.75, 3.05) is 6.61 Å². The summed E-state index contributed by atoms with van der Waals surface area (Å²) in [6.45, 7) is 6.03. The van der Waals surface area contributed by atoms with Gasteiger partial charge in [-0.1, -0.05) is 25.1 Å². The minimum atomic E-state index is -0.0313. The van der Waals surface area contributed by atoms with E-state index in [2.05, 4.69) is 16.9 Å². The Morgan fingerprint density at radius 1 is 1.35 bits per heavy atom. The number of aliphatic hydroxyl groups is 1. The Labute approximate surface area is 107 Å². The van der Waals surface area contributed by atoms with E-state index in [1.807, 2.05) is 19.9 Å². The van der Waals surface area contributed by atoms with Crippen LogP contribution in [-0.4, -0.2) is 33.0 Å². The summed E-state index contributed by atoms with van der Waals surface area (Å²) in [5, 5.41) is 10.0. The van der Waals surface area contributed by atoms with Gasteiger partial charge < -0.3 is 10.8 Å². The van der Waals surface area contributed by atoms with Crippen LogP contribution < -0.4 is 5.73 Å². The second kappa shape index (κ2) is 6.93. The van der Waals surface area contributed by atoms with Crippen LogP contribution in [0.1, 0.15) is 31.2 Å². The Hall–Kier alpha value is -0.650. The molecule has 5 heteroatoms. The summed E-state index contributed by atoms with van der Waals surface area (Å²) < 4.78 is 0. The molecule has 96 valence electrons. The van der Waals surface area contributed by atoms with Crippen molar-refractivity contribution in [2.45, 2.75) is 50.1 Å². The summed E-state index contributed by atoms with van der Waals surface area (Å²) in [4.78, 5) is 8.70. The quantitative estimate of drug-likeness (QED) is 0.597. The smallest absolute Gasteiger partial charge is 0.188 e. The minimum absolute atomic E-state index is 0.0144. The molecule has 17 heavy (non-hydrogen) atoms. The van der Waals surface area contributed by atoms with Gasteiger partial charge in [0.15, 0.2) is 5.16 Å². The first-order valence-corrected chi connectivity index (χ1v) is 6.80. The Bertz CT molecular complexity index is 339. The third kappa shape index (κ3) is 4.61. The van der Waals surface area contributed by atoms with Gasteiger partial charge in [0, 0.05) is 17.4 Å². The third-order valence-corrected chi connectivity index (χ3v) is 3.69. The minimum Gasteiger partial charge on any atom is -0.395 e. The zero-order valence-corrected chi connectivity index (χ0v) is 11.5. The molecule has 1 aromatic rings. The van der Waals surface area contributed by atoms with Gasteiger partial charge in [-0.3, -0.25) is 0 Å². The zero-order valence-electron chi connectivity index (χ0n) is 10.7. The molecule has 2 unspecified atom stereocenters. The second-order valence-electron chi connectivity index (χ2n) is 4.22. The van der Waals surface area contributed by atoms with E-state index in [-0.39, 0.29) is 17.9 Å². The highest BCUT2D eigenvalue weighted by atomic mass is 32.2. The van der Waals surface area contributed by atoms with E-state index in [1.165, 1.54) is 11.8 Å². The Kier molecular flexibility index (Phi) is 5.88. The summed E-state index contributed by atoms with van der Waals surface area (Å²) in [6.07, 6.45) is 1.93.